The molecule has 0 aromatic carbocycles. The fraction of sp³-hybridized carbons (Fsp3) is 0.889. The van der Waals surface area contributed by atoms with E-state index in [4.69, 9.17) is 10.5 Å². The first-order chi connectivity index (χ1) is 6.02. The Labute approximate surface area is 79.1 Å². The number of carbonyl (C=O) groups excluding carboxylic acids is 1. The third-order valence-electron chi connectivity index (χ3n) is 1.73. The maximum Gasteiger partial charge on any atom is 0.308 e. The van der Waals surface area contributed by atoms with Crippen LogP contribution in [0.15, 0.2) is 0 Å². The molecular formula is C9H19NO3. The van der Waals surface area contributed by atoms with Crippen LogP contribution in [0.25, 0.3) is 0 Å². The lowest BCUT2D eigenvalue weighted by atomic mass is 10.0. The van der Waals surface area contributed by atoms with Gasteiger partial charge in [-0.05, 0) is 13.3 Å². The lowest BCUT2D eigenvalue weighted by Crippen LogP contribution is -2.37. The molecular weight excluding hydrogens is 170 g/mol. The highest BCUT2D eigenvalue weighted by atomic mass is 16.5. The zero-order valence-corrected chi connectivity index (χ0v) is 8.38. The SMILES string of the molecule is CCCCOC(=O)CC(C)(O)CN. The van der Waals surface area contributed by atoms with Gasteiger partial charge >= 0.3 is 5.97 Å². The van der Waals surface area contributed by atoms with Gasteiger partial charge in [0.25, 0.3) is 0 Å². The Morgan fingerprint density at radius 3 is 2.69 bits per heavy atom. The van der Waals surface area contributed by atoms with Crippen LogP contribution in [0.1, 0.15) is 33.1 Å². The molecule has 0 aliphatic carbocycles. The smallest absolute Gasteiger partial charge is 0.308 e. The molecule has 0 aromatic rings. The molecule has 0 rings (SSSR count). The topological polar surface area (TPSA) is 72.5 Å². The number of unbranched alkanes of at least 4 members (excludes halogenated alkanes) is 1. The molecule has 0 saturated heterocycles. The highest BCUT2D eigenvalue weighted by molar-refractivity contribution is 5.70. The van der Waals surface area contributed by atoms with Crippen LogP contribution in [0.5, 0.6) is 0 Å². The van der Waals surface area contributed by atoms with Gasteiger partial charge in [-0.3, -0.25) is 4.79 Å². The maximum atomic E-state index is 11.1. The number of carbonyl (C=O) groups is 1. The van der Waals surface area contributed by atoms with Crippen LogP contribution in [0.2, 0.25) is 0 Å². The first-order valence-corrected chi connectivity index (χ1v) is 4.60. The van der Waals surface area contributed by atoms with Crippen LogP contribution in [-0.4, -0.2) is 29.8 Å². The van der Waals surface area contributed by atoms with Gasteiger partial charge < -0.3 is 15.6 Å². The van der Waals surface area contributed by atoms with Crippen molar-refractivity contribution in [2.45, 2.75) is 38.7 Å². The molecule has 0 aromatic heterocycles. The van der Waals surface area contributed by atoms with Crippen molar-refractivity contribution in [1.29, 1.82) is 0 Å². The molecule has 4 heteroatoms. The van der Waals surface area contributed by atoms with Gasteiger partial charge in [0.2, 0.25) is 0 Å². The highest BCUT2D eigenvalue weighted by Gasteiger charge is 2.23. The molecule has 0 bridgehead atoms. The summed E-state index contributed by atoms with van der Waals surface area (Å²) in [6, 6.07) is 0. The Morgan fingerprint density at radius 2 is 2.23 bits per heavy atom. The van der Waals surface area contributed by atoms with Gasteiger partial charge in [0, 0.05) is 6.54 Å². The summed E-state index contributed by atoms with van der Waals surface area (Å²) in [4.78, 5) is 11.1. The summed E-state index contributed by atoms with van der Waals surface area (Å²) < 4.78 is 4.87. The average Bonchev–Trinajstić information content (AvgIpc) is 2.04. The predicted octanol–water partition coefficient (Wildman–Crippen LogP) is 0.430. The van der Waals surface area contributed by atoms with Gasteiger partial charge in [0.15, 0.2) is 0 Å². The van der Waals surface area contributed by atoms with Gasteiger partial charge in [0.05, 0.1) is 18.6 Å². The van der Waals surface area contributed by atoms with Crippen molar-refractivity contribution >= 4 is 5.97 Å². The van der Waals surface area contributed by atoms with E-state index in [1.54, 1.807) is 0 Å². The molecule has 4 nitrogen and oxygen atoms in total. The molecule has 0 aliphatic heterocycles. The number of aliphatic hydroxyl groups is 1. The van der Waals surface area contributed by atoms with E-state index in [9.17, 15) is 9.90 Å². The second-order valence-electron chi connectivity index (χ2n) is 3.45. The fourth-order valence-corrected chi connectivity index (χ4v) is 0.764. The number of rotatable bonds is 6. The monoisotopic (exact) mass is 189 g/mol. The van der Waals surface area contributed by atoms with Crippen molar-refractivity contribution < 1.29 is 14.6 Å². The Hall–Kier alpha value is -0.610. The van der Waals surface area contributed by atoms with E-state index >= 15 is 0 Å². The normalized spacial score (nSPS) is 15.1. The molecule has 1 atom stereocenters. The number of hydrogen-bond acceptors (Lipinski definition) is 4. The maximum absolute atomic E-state index is 11.1. The largest absolute Gasteiger partial charge is 0.466 e. The first-order valence-electron chi connectivity index (χ1n) is 4.60. The quantitative estimate of drug-likeness (QED) is 0.469. The summed E-state index contributed by atoms with van der Waals surface area (Å²) in [6.45, 7) is 4.03. The third kappa shape index (κ3) is 6.54. The van der Waals surface area contributed by atoms with E-state index < -0.39 is 5.60 Å². The standard InChI is InChI=1S/C9H19NO3/c1-3-4-5-13-8(11)6-9(2,12)7-10/h12H,3-7,10H2,1-2H3. The molecule has 0 amide bonds. The second-order valence-corrected chi connectivity index (χ2v) is 3.45. The molecule has 1 unspecified atom stereocenters. The minimum atomic E-state index is -1.14. The van der Waals surface area contributed by atoms with E-state index in [-0.39, 0.29) is 18.9 Å². The van der Waals surface area contributed by atoms with E-state index in [1.807, 2.05) is 6.92 Å². The van der Waals surface area contributed by atoms with Crippen molar-refractivity contribution in [3.8, 4) is 0 Å². The van der Waals surface area contributed by atoms with Gasteiger partial charge in [-0.1, -0.05) is 13.3 Å². The van der Waals surface area contributed by atoms with Crippen LogP contribution >= 0.6 is 0 Å². The highest BCUT2D eigenvalue weighted by Crippen LogP contribution is 2.07. The van der Waals surface area contributed by atoms with E-state index in [0.29, 0.717) is 6.61 Å². The molecule has 0 radical (unpaired) electrons. The Bertz CT molecular complexity index is 157. The third-order valence-corrected chi connectivity index (χ3v) is 1.73. The first kappa shape index (κ1) is 12.4. The van der Waals surface area contributed by atoms with Gasteiger partial charge in [-0.2, -0.15) is 0 Å². The number of esters is 1. The molecule has 0 heterocycles. The summed E-state index contributed by atoms with van der Waals surface area (Å²) >= 11 is 0. The van der Waals surface area contributed by atoms with Crippen molar-refractivity contribution in [3.63, 3.8) is 0 Å². The van der Waals surface area contributed by atoms with Crippen molar-refractivity contribution in [3.05, 3.63) is 0 Å². The number of nitrogens with two attached hydrogens (primary N) is 1. The molecule has 13 heavy (non-hydrogen) atoms. The van der Waals surface area contributed by atoms with Crippen molar-refractivity contribution in [2.75, 3.05) is 13.2 Å². The summed E-state index contributed by atoms with van der Waals surface area (Å²) in [7, 11) is 0. The molecule has 0 saturated carbocycles. The number of ether oxygens (including phenoxy) is 1. The van der Waals surface area contributed by atoms with Crippen LogP contribution in [0, 0.1) is 0 Å². The number of hydrogen-bond donors (Lipinski definition) is 2. The summed E-state index contributed by atoms with van der Waals surface area (Å²) in [6.07, 6.45) is 1.81. The molecule has 0 fully saturated rings. The lowest BCUT2D eigenvalue weighted by Gasteiger charge is -2.19. The molecule has 78 valence electrons. The van der Waals surface area contributed by atoms with Crippen LogP contribution in [0.3, 0.4) is 0 Å². The zero-order valence-electron chi connectivity index (χ0n) is 8.38. The van der Waals surface area contributed by atoms with Crippen molar-refractivity contribution in [1.82, 2.24) is 0 Å². The van der Waals surface area contributed by atoms with E-state index in [2.05, 4.69) is 0 Å². The molecule has 3 N–H and O–H groups in total. The van der Waals surface area contributed by atoms with Crippen LogP contribution in [-0.2, 0) is 9.53 Å². The Kier molecular flexibility index (Phi) is 5.66. The van der Waals surface area contributed by atoms with Crippen LogP contribution < -0.4 is 5.73 Å². The molecule has 0 spiro atoms. The summed E-state index contributed by atoms with van der Waals surface area (Å²) in [5.74, 6) is -0.385. The Balaban J connectivity index is 3.62. The molecule has 0 aliphatic rings. The average molecular weight is 189 g/mol. The van der Waals surface area contributed by atoms with Gasteiger partial charge in [-0.15, -0.1) is 0 Å². The summed E-state index contributed by atoms with van der Waals surface area (Å²) in [5, 5.41) is 9.42. The predicted molar refractivity (Wildman–Crippen MR) is 50.2 cm³/mol. The Morgan fingerprint density at radius 1 is 1.62 bits per heavy atom. The minimum Gasteiger partial charge on any atom is -0.466 e. The zero-order chi connectivity index (χ0) is 10.3. The second kappa shape index (κ2) is 5.94. The minimum absolute atomic E-state index is 0.0345. The summed E-state index contributed by atoms with van der Waals surface area (Å²) in [5.41, 5.74) is 4.12. The van der Waals surface area contributed by atoms with E-state index in [0.717, 1.165) is 12.8 Å². The van der Waals surface area contributed by atoms with E-state index in [1.165, 1.54) is 6.92 Å². The fourth-order valence-electron chi connectivity index (χ4n) is 0.764. The lowest BCUT2D eigenvalue weighted by molar-refractivity contribution is -0.148. The van der Waals surface area contributed by atoms with Crippen LogP contribution in [0.4, 0.5) is 0 Å². The van der Waals surface area contributed by atoms with Gasteiger partial charge in [0.1, 0.15) is 0 Å². The van der Waals surface area contributed by atoms with Gasteiger partial charge in [-0.25, -0.2) is 0 Å². The van der Waals surface area contributed by atoms with Crippen molar-refractivity contribution in [2.24, 2.45) is 5.73 Å².